The Labute approximate surface area is 140 Å². The molecule has 4 rings (SSSR count). The van der Waals surface area contributed by atoms with Crippen LogP contribution < -0.4 is 0 Å². The van der Waals surface area contributed by atoms with E-state index in [9.17, 15) is 4.79 Å². The fraction of sp³-hybridized carbons (Fsp3) is 0.471. The first-order valence-electron chi connectivity index (χ1n) is 7.89. The number of nitrogens with one attached hydrogen (secondary N) is 1. The molecule has 2 aromatic rings. The molecule has 1 aromatic heterocycles. The molecule has 0 saturated carbocycles. The third kappa shape index (κ3) is 2.48. The molecule has 0 unspecified atom stereocenters. The van der Waals surface area contributed by atoms with Gasteiger partial charge in [-0.25, -0.2) is 4.79 Å². The summed E-state index contributed by atoms with van der Waals surface area (Å²) in [5.41, 5.74) is 3.23. The largest absolute Gasteiger partial charge is 0.439 e. The SMILES string of the molecule is Cc1c(CN2CC[C@]3(C2)CN(C)C(=O)O3)[nH]c2ccc(Cl)cc12. The van der Waals surface area contributed by atoms with Crippen LogP contribution in [0.4, 0.5) is 4.79 Å². The number of benzene rings is 1. The smallest absolute Gasteiger partial charge is 0.410 e. The van der Waals surface area contributed by atoms with E-state index in [0.29, 0.717) is 6.54 Å². The number of aryl methyl sites for hydroxylation is 1. The summed E-state index contributed by atoms with van der Waals surface area (Å²) in [5, 5.41) is 1.93. The van der Waals surface area contributed by atoms with E-state index in [2.05, 4.69) is 16.8 Å². The number of hydrogen-bond donors (Lipinski definition) is 1. The van der Waals surface area contributed by atoms with Crippen molar-refractivity contribution >= 4 is 28.6 Å². The molecule has 3 heterocycles. The Morgan fingerprint density at radius 2 is 2.22 bits per heavy atom. The molecule has 2 saturated heterocycles. The number of H-pyrrole nitrogens is 1. The minimum atomic E-state index is -0.324. The van der Waals surface area contributed by atoms with Crippen LogP contribution in [0, 0.1) is 6.92 Å². The molecular formula is C17H20ClN3O2. The highest BCUT2D eigenvalue weighted by molar-refractivity contribution is 6.31. The van der Waals surface area contributed by atoms with Crippen LogP contribution in [0.1, 0.15) is 17.7 Å². The molecule has 122 valence electrons. The number of likely N-dealkylation sites (N-methyl/N-ethyl adjacent to an activating group) is 1. The average Bonchev–Trinajstić information content (AvgIpc) is 3.11. The maximum absolute atomic E-state index is 11.7. The van der Waals surface area contributed by atoms with Crippen LogP contribution in [0.2, 0.25) is 5.02 Å². The highest BCUT2D eigenvalue weighted by Gasteiger charge is 2.48. The van der Waals surface area contributed by atoms with Crippen LogP contribution in [0.5, 0.6) is 0 Å². The van der Waals surface area contributed by atoms with Crippen molar-refractivity contribution in [1.82, 2.24) is 14.8 Å². The van der Waals surface area contributed by atoms with Crippen LogP contribution in [0.25, 0.3) is 10.9 Å². The molecule has 6 heteroatoms. The van der Waals surface area contributed by atoms with Crippen molar-refractivity contribution in [2.45, 2.75) is 25.5 Å². The molecule has 0 radical (unpaired) electrons. The lowest BCUT2D eigenvalue weighted by Crippen LogP contribution is -2.37. The fourth-order valence-corrected chi connectivity index (χ4v) is 3.98. The van der Waals surface area contributed by atoms with E-state index in [1.54, 1.807) is 11.9 Å². The molecule has 1 spiro atoms. The summed E-state index contributed by atoms with van der Waals surface area (Å²) in [7, 11) is 1.80. The first-order chi connectivity index (χ1) is 11.0. The van der Waals surface area contributed by atoms with E-state index in [4.69, 9.17) is 16.3 Å². The van der Waals surface area contributed by atoms with Gasteiger partial charge in [0.05, 0.1) is 6.54 Å². The van der Waals surface area contributed by atoms with Gasteiger partial charge in [-0.2, -0.15) is 0 Å². The molecule has 0 aliphatic carbocycles. The van der Waals surface area contributed by atoms with Crippen molar-refractivity contribution in [3.8, 4) is 0 Å². The normalized spacial score (nSPS) is 25.0. The number of likely N-dealkylation sites (tertiary alicyclic amines) is 1. The van der Waals surface area contributed by atoms with Gasteiger partial charge in [-0.15, -0.1) is 0 Å². The minimum absolute atomic E-state index is 0.205. The van der Waals surface area contributed by atoms with Crippen molar-refractivity contribution in [3.05, 3.63) is 34.5 Å². The number of carbonyl (C=O) groups is 1. The number of aromatic nitrogens is 1. The summed E-state index contributed by atoms with van der Waals surface area (Å²) in [6, 6.07) is 5.93. The van der Waals surface area contributed by atoms with Crippen LogP contribution >= 0.6 is 11.6 Å². The standard InChI is InChI=1S/C17H20ClN3O2/c1-11-13-7-12(18)3-4-14(13)19-15(11)8-21-6-5-17(10-21)9-20(2)16(22)23-17/h3-4,7,19H,5-6,8-10H2,1-2H3/t17-/m1/s1. The van der Waals surface area contributed by atoms with E-state index in [1.807, 2.05) is 18.2 Å². The number of carbonyl (C=O) groups excluding carboxylic acids is 1. The summed E-state index contributed by atoms with van der Waals surface area (Å²) in [5.74, 6) is 0. The Balaban J connectivity index is 1.53. The van der Waals surface area contributed by atoms with Gasteiger partial charge in [-0.1, -0.05) is 11.6 Å². The van der Waals surface area contributed by atoms with Crippen molar-refractivity contribution < 1.29 is 9.53 Å². The number of nitrogens with zero attached hydrogens (tertiary/aromatic N) is 2. The maximum Gasteiger partial charge on any atom is 0.410 e. The molecule has 1 atom stereocenters. The van der Waals surface area contributed by atoms with Gasteiger partial charge in [0.2, 0.25) is 0 Å². The van der Waals surface area contributed by atoms with Crippen LogP contribution in [-0.2, 0) is 11.3 Å². The maximum atomic E-state index is 11.7. The van der Waals surface area contributed by atoms with Crippen molar-refractivity contribution in [2.75, 3.05) is 26.7 Å². The predicted molar refractivity (Wildman–Crippen MR) is 89.8 cm³/mol. The van der Waals surface area contributed by atoms with Gasteiger partial charge in [0.15, 0.2) is 0 Å². The van der Waals surface area contributed by atoms with E-state index < -0.39 is 0 Å². The molecule has 0 bridgehead atoms. The van der Waals surface area contributed by atoms with Crippen molar-refractivity contribution in [2.24, 2.45) is 0 Å². The van der Waals surface area contributed by atoms with Gasteiger partial charge < -0.3 is 14.6 Å². The zero-order chi connectivity index (χ0) is 16.2. The van der Waals surface area contributed by atoms with Gasteiger partial charge in [0, 0.05) is 54.7 Å². The summed E-state index contributed by atoms with van der Waals surface area (Å²) < 4.78 is 5.61. The van der Waals surface area contributed by atoms with E-state index >= 15 is 0 Å². The lowest BCUT2D eigenvalue weighted by Gasteiger charge is -2.21. The second-order valence-corrected chi connectivity index (χ2v) is 7.22. The predicted octanol–water partition coefficient (Wildman–Crippen LogP) is 3.16. The summed E-state index contributed by atoms with van der Waals surface area (Å²) in [4.78, 5) is 19.2. The second kappa shape index (κ2) is 5.14. The number of ether oxygens (including phenoxy) is 1. The summed E-state index contributed by atoms with van der Waals surface area (Å²) in [6.45, 7) is 5.37. The first-order valence-corrected chi connectivity index (χ1v) is 8.27. The highest BCUT2D eigenvalue weighted by Crippen LogP contribution is 2.33. The molecule has 1 N–H and O–H groups in total. The Kier molecular flexibility index (Phi) is 3.32. The molecule has 23 heavy (non-hydrogen) atoms. The lowest BCUT2D eigenvalue weighted by molar-refractivity contribution is 0.0626. The van der Waals surface area contributed by atoms with Gasteiger partial charge in [0.25, 0.3) is 0 Å². The molecule has 2 fully saturated rings. The van der Waals surface area contributed by atoms with Crippen LogP contribution in [0.3, 0.4) is 0 Å². The number of fused-ring (bicyclic) bond motifs is 1. The Morgan fingerprint density at radius 3 is 2.96 bits per heavy atom. The summed E-state index contributed by atoms with van der Waals surface area (Å²) in [6.07, 6.45) is 0.692. The Hall–Kier alpha value is -1.72. The number of aromatic amines is 1. The van der Waals surface area contributed by atoms with Crippen molar-refractivity contribution in [3.63, 3.8) is 0 Å². The number of hydrogen-bond acceptors (Lipinski definition) is 3. The second-order valence-electron chi connectivity index (χ2n) is 6.79. The third-order valence-corrected chi connectivity index (χ3v) is 5.28. The minimum Gasteiger partial charge on any atom is -0.439 e. The zero-order valence-corrected chi connectivity index (χ0v) is 14.1. The van der Waals surface area contributed by atoms with Crippen molar-refractivity contribution in [1.29, 1.82) is 0 Å². The van der Waals surface area contributed by atoms with Crippen LogP contribution in [0.15, 0.2) is 18.2 Å². The van der Waals surface area contributed by atoms with E-state index in [-0.39, 0.29) is 11.7 Å². The van der Waals surface area contributed by atoms with Gasteiger partial charge >= 0.3 is 6.09 Å². The van der Waals surface area contributed by atoms with Crippen LogP contribution in [-0.4, -0.2) is 53.2 Å². The number of amides is 1. The summed E-state index contributed by atoms with van der Waals surface area (Å²) >= 11 is 6.10. The van der Waals surface area contributed by atoms with Gasteiger partial charge in [0.1, 0.15) is 5.60 Å². The molecule has 2 aliphatic heterocycles. The molecule has 1 amide bonds. The monoisotopic (exact) mass is 333 g/mol. The quantitative estimate of drug-likeness (QED) is 0.918. The molecular weight excluding hydrogens is 314 g/mol. The number of rotatable bonds is 2. The molecule has 5 nitrogen and oxygen atoms in total. The van der Waals surface area contributed by atoms with Gasteiger partial charge in [-0.05, 0) is 30.7 Å². The lowest BCUT2D eigenvalue weighted by atomic mass is 10.0. The third-order valence-electron chi connectivity index (χ3n) is 5.04. The average molecular weight is 334 g/mol. The van der Waals surface area contributed by atoms with E-state index in [0.717, 1.165) is 36.6 Å². The first kappa shape index (κ1) is 14.8. The Morgan fingerprint density at radius 1 is 1.39 bits per heavy atom. The molecule has 1 aromatic carbocycles. The molecule has 2 aliphatic rings. The van der Waals surface area contributed by atoms with E-state index in [1.165, 1.54) is 16.6 Å². The topological polar surface area (TPSA) is 48.6 Å². The Bertz CT molecular complexity index is 787. The number of halogens is 1. The zero-order valence-electron chi connectivity index (χ0n) is 13.4. The highest BCUT2D eigenvalue weighted by atomic mass is 35.5. The van der Waals surface area contributed by atoms with Gasteiger partial charge in [-0.3, -0.25) is 4.90 Å². The fourth-order valence-electron chi connectivity index (χ4n) is 3.80.